The van der Waals surface area contributed by atoms with Crippen LogP contribution in [0.5, 0.6) is 0 Å². The molecular weight excluding hydrogens is 264 g/mol. The number of anilines is 2. The molecule has 1 N–H and O–H groups in total. The predicted octanol–water partition coefficient (Wildman–Crippen LogP) is 3.13. The number of hydrogen-bond donors (Lipinski definition) is 1. The minimum Gasteiger partial charge on any atom is -0.478 e. The Morgan fingerprint density at radius 3 is 2.95 bits per heavy atom. The number of pyridine rings is 1. The van der Waals surface area contributed by atoms with Crippen LogP contribution in [-0.4, -0.2) is 22.6 Å². The maximum atomic E-state index is 11.1. The lowest BCUT2D eigenvalue weighted by molar-refractivity contribution is 0.0697. The van der Waals surface area contributed by atoms with E-state index in [1.165, 1.54) is 17.8 Å². The van der Waals surface area contributed by atoms with E-state index in [9.17, 15) is 4.79 Å². The fraction of sp³-hybridized carbons (Fsp3) is 0.143. The van der Waals surface area contributed by atoms with Gasteiger partial charge in [-0.25, -0.2) is 9.78 Å². The van der Waals surface area contributed by atoms with E-state index in [1.807, 2.05) is 23.1 Å². The lowest BCUT2D eigenvalue weighted by Gasteiger charge is -2.18. The normalized spacial score (nSPS) is 13.4. The number of aromatic carboxylic acids is 1. The van der Waals surface area contributed by atoms with E-state index in [0.717, 1.165) is 18.7 Å². The highest BCUT2D eigenvalue weighted by Crippen LogP contribution is 2.34. The van der Waals surface area contributed by atoms with Crippen LogP contribution in [-0.2, 0) is 6.42 Å². The van der Waals surface area contributed by atoms with Gasteiger partial charge in [-0.05, 0) is 24.1 Å². The van der Waals surface area contributed by atoms with Gasteiger partial charge in [-0.1, -0.05) is 29.8 Å². The Balaban J connectivity index is 2.05. The van der Waals surface area contributed by atoms with Crippen LogP contribution < -0.4 is 4.90 Å². The van der Waals surface area contributed by atoms with Crippen LogP contribution in [0.4, 0.5) is 11.5 Å². The van der Waals surface area contributed by atoms with Crippen LogP contribution in [0.3, 0.4) is 0 Å². The lowest BCUT2D eigenvalue weighted by Crippen LogP contribution is -2.15. The zero-order valence-corrected chi connectivity index (χ0v) is 10.8. The van der Waals surface area contributed by atoms with Crippen LogP contribution in [0, 0.1) is 0 Å². The van der Waals surface area contributed by atoms with Gasteiger partial charge >= 0.3 is 5.97 Å². The van der Waals surface area contributed by atoms with E-state index >= 15 is 0 Å². The molecule has 3 rings (SSSR count). The number of aromatic nitrogens is 1. The molecule has 19 heavy (non-hydrogen) atoms. The van der Waals surface area contributed by atoms with Crippen LogP contribution in [0.25, 0.3) is 0 Å². The van der Waals surface area contributed by atoms with Crippen molar-refractivity contribution in [1.29, 1.82) is 0 Å². The summed E-state index contributed by atoms with van der Waals surface area (Å²) in [4.78, 5) is 17.3. The number of halogens is 1. The summed E-state index contributed by atoms with van der Waals surface area (Å²) < 4.78 is 0. The summed E-state index contributed by atoms with van der Waals surface area (Å²) in [6.07, 6.45) is 2.32. The Hall–Kier alpha value is -2.07. The Morgan fingerprint density at radius 1 is 1.37 bits per heavy atom. The van der Waals surface area contributed by atoms with E-state index in [1.54, 1.807) is 0 Å². The van der Waals surface area contributed by atoms with Crippen molar-refractivity contribution in [2.45, 2.75) is 6.42 Å². The Bertz CT molecular complexity index is 658. The molecule has 1 aromatic heterocycles. The Kier molecular flexibility index (Phi) is 2.87. The second-order valence-corrected chi connectivity index (χ2v) is 4.77. The molecule has 0 spiro atoms. The predicted molar refractivity (Wildman–Crippen MR) is 73.4 cm³/mol. The quantitative estimate of drug-likeness (QED) is 0.914. The number of nitrogens with zero attached hydrogens (tertiary/aromatic N) is 2. The van der Waals surface area contributed by atoms with Gasteiger partial charge in [0.05, 0.1) is 10.6 Å². The molecule has 0 aliphatic carbocycles. The molecule has 1 aliphatic rings. The standard InChI is InChI=1S/C14H11ClN2O2/c15-11-8-16-13(7-10(11)14(18)19)17-6-5-9-3-1-2-4-12(9)17/h1-4,7-8H,5-6H2,(H,18,19). The van der Waals surface area contributed by atoms with E-state index in [2.05, 4.69) is 11.1 Å². The average Bonchev–Trinajstić information content (AvgIpc) is 2.83. The topological polar surface area (TPSA) is 53.4 Å². The molecule has 0 atom stereocenters. The minimum absolute atomic E-state index is 0.0797. The fourth-order valence-corrected chi connectivity index (χ4v) is 2.50. The summed E-state index contributed by atoms with van der Waals surface area (Å²) >= 11 is 5.84. The van der Waals surface area contributed by atoms with Gasteiger partial charge in [-0.15, -0.1) is 0 Å². The first-order chi connectivity index (χ1) is 9.16. The summed E-state index contributed by atoms with van der Waals surface area (Å²) in [6.45, 7) is 0.799. The van der Waals surface area contributed by atoms with Crippen molar-refractivity contribution in [3.8, 4) is 0 Å². The van der Waals surface area contributed by atoms with Crippen LogP contribution in [0.2, 0.25) is 5.02 Å². The number of rotatable bonds is 2. The smallest absolute Gasteiger partial charge is 0.337 e. The maximum absolute atomic E-state index is 11.1. The summed E-state index contributed by atoms with van der Waals surface area (Å²) in [5, 5.41) is 9.25. The molecule has 0 unspecified atom stereocenters. The van der Waals surface area contributed by atoms with Crippen molar-refractivity contribution < 1.29 is 9.90 Å². The first kappa shape index (κ1) is 12.0. The number of fused-ring (bicyclic) bond motifs is 1. The molecule has 0 saturated carbocycles. The second-order valence-electron chi connectivity index (χ2n) is 4.36. The van der Waals surface area contributed by atoms with Gasteiger partial charge in [0.2, 0.25) is 0 Å². The Morgan fingerprint density at radius 2 is 2.16 bits per heavy atom. The average molecular weight is 275 g/mol. The third-order valence-corrected chi connectivity index (χ3v) is 3.54. The van der Waals surface area contributed by atoms with Crippen LogP contribution in [0.15, 0.2) is 36.5 Å². The number of carbonyl (C=O) groups is 1. The number of para-hydroxylation sites is 1. The highest BCUT2D eigenvalue weighted by Gasteiger charge is 2.22. The first-order valence-electron chi connectivity index (χ1n) is 5.91. The van der Waals surface area contributed by atoms with Crippen molar-refractivity contribution in [3.63, 3.8) is 0 Å². The minimum atomic E-state index is -1.04. The van der Waals surface area contributed by atoms with E-state index in [0.29, 0.717) is 5.82 Å². The fourth-order valence-electron chi connectivity index (χ4n) is 2.32. The van der Waals surface area contributed by atoms with E-state index < -0.39 is 5.97 Å². The summed E-state index contributed by atoms with van der Waals surface area (Å²) in [5.74, 6) is -0.423. The van der Waals surface area contributed by atoms with Gasteiger partial charge in [0, 0.05) is 18.4 Å². The van der Waals surface area contributed by atoms with Crippen molar-refractivity contribution >= 4 is 29.1 Å². The lowest BCUT2D eigenvalue weighted by atomic mass is 10.2. The maximum Gasteiger partial charge on any atom is 0.337 e. The van der Waals surface area contributed by atoms with Crippen molar-refractivity contribution in [2.75, 3.05) is 11.4 Å². The third-order valence-electron chi connectivity index (χ3n) is 3.24. The zero-order chi connectivity index (χ0) is 13.4. The molecule has 2 heterocycles. The number of benzene rings is 1. The van der Waals surface area contributed by atoms with Gasteiger partial charge in [0.1, 0.15) is 5.82 Å². The summed E-state index contributed by atoms with van der Waals surface area (Å²) in [7, 11) is 0. The number of carboxylic acids is 1. The molecule has 5 heteroatoms. The van der Waals surface area contributed by atoms with Crippen molar-refractivity contribution in [1.82, 2.24) is 4.98 Å². The molecule has 2 aromatic rings. The molecular formula is C14H11ClN2O2. The van der Waals surface area contributed by atoms with Crippen LogP contribution >= 0.6 is 11.6 Å². The van der Waals surface area contributed by atoms with Crippen molar-refractivity contribution in [2.24, 2.45) is 0 Å². The SMILES string of the molecule is O=C(O)c1cc(N2CCc3ccccc32)ncc1Cl. The molecule has 0 bridgehead atoms. The second kappa shape index (κ2) is 4.55. The van der Waals surface area contributed by atoms with Gasteiger partial charge < -0.3 is 10.0 Å². The molecule has 0 fully saturated rings. The molecule has 96 valence electrons. The molecule has 0 radical (unpaired) electrons. The largest absolute Gasteiger partial charge is 0.478 e. The Labute approximate surface area is 115 Å². The molecule has 0 saturated heterocycles. The van der Waals surface area contributed by atoms with Gasteiger partial charge in [0.15, 0.2) is 0 Å². The van der Waals surface area contributed by atoms with Gasteiger partial charge in [-0.3, -0.25) is 0 Å². The van der Waals surface area contributed by atoms with Gasteiger partial charge in [0.25, 0.3) is 0 Å². The number of hydrogen-bond acceptors (Lipinski definition) is 3. The first-order valence-corrected chi connectivity index (χ1v) is 6.29. The third kappa shape index (κ3) is 2.04. The molecule has 1 aliphatic heterocycles. The number of carboxylic acid groups (broad SMARTS) is 1. The highest BCUT2D eigenvalue weighted by molar-refractivity contribution is 6.33. The molecule has 1 aromatic carbocycles. The van der Waals surface area contributed by atoms with E-state index in [-0.39, 0.29) is 10.6 Å². The monoisotopic (exact) mass is 274 g/mol. The van der Waals surface area contributed by atoms with E-state index in [4.69, 9.17) is 16.7 Å². The van der Waals surface area contributed by atoms with Gasteiger partial charge in [-0.2, -0.15) is 0 Å². The molecule has 4 nitrogen and oxygen atoms in total. The van der Waals surface area contributed by atoms with Crippen LogP contribution in [0.1, 0.15) is 15.9 Å². The molecule has 0 amide bonds. The highest BCUT2D eigenvalue weighted by atomic mass is 35.5. The zero-order valence-electron chi connectivity index (χ0n) is 10.0. The summed E-state index contributed by atoms with van der Waals surface area (Å²) in [6, 6.07) is 9.57. The summed E-state index contributed by atoms with van der Waals surface area (Å²) in [5.41, 5.74) is 2.40. The van der Waals surface area contributed by atoms with Crippen molar-refractivity contribution in [3.05, 3.63) is 52.7 Å².